The van der Waals surface area contributed by atoms with Crippen LogP contribution in [-0.4, -0.2) is 31.2 Å². The molecule has 0 spiro atoms. The minimum absolute atomic E-state index is 0.173. The van der Waals surface area contributed by atoms with Crippen LogP contribution in [-0.2, 0) is 4.74 Å². The topological polar surface area (TPSA) is 51.2 Å². The Labute approximate surface area is 99.6 Å². The summed E-state index contributed by atoms with van der Waals surface area (Å²) in [4.78, 5) is 15.9. The molecule has 2 aromatic rings. The van der Waals surface area contributed by atoms with Crippen LogP contribution >= 0.6 is 0 Å². The molecule has 0 fully saturated rings. The molecule has 0 atom stereocenters. The Morgan fingerprint density at radius 2 is 2.12 bits per heavy atom. The number of hydrogen-bond donors (Lipinski definition) is 1. The lowest BCUT2D eigenvalue weighted by Crippen LogP contribution is -2.27. The Bertz CT molecular complexity index is 526. The number of benzene rings is 1. The van der Waals surface area contributed by atoms with Crippen LogP contribution < -0.4 is 5.32 Å². The number of rotatable bonds is 4. The molecule has 0 radical (unpaired) electrons. The lowest BCUT2D eigenvalue weighted by atomic mass is 10.1. The number of carbonyl (C=O) groups excluding carboxylic acids is 1. The maximum atomic E-state index is 11.7. The zero-order valence-electron chi connectivity index (χ0n) is 9.64. The van der Waals surface area contributed by atoms with Crippen LogP contribution in [0.25, 0.3) is 10.8 Å². The maximum absolute atomic E-state index is 11.7. The third kappa shape index (κ3) is 2.79. The second-order valence-corrected chi connectivity index (χ2v) is 3.67. The normalized spacial score (nSPS) is 10.4. The number of nitrogens with zero attached hydrogens (tertiary/aromatic N) is 1. The molecule has 1 N–H and O–H groups in total. The first-order valence-electron chi connectivity index (χ1n) is 5.43. The van der Waals surface area contributed by atoms with Crippen molar-refractivity contribution in [3.8, 4) is 0 Å². The highest BCUT2D eigenvalue weighted by atomic mass is 16.5. The Kier molecular flexibility index (Phi) is 3.67. The summed E-state index contributed by atoms with van der Waals surface area (Å²) in [6.07, 6.45) is 1.71. The van der Waals surface area contributed by atoms with Crippen molar-refractivity contribution in [2.24, 2.45) is 0 Å². The van der Waals surface area contributed by atoms with Gasteiger partial charge >= 0.3 is 0 Å². The van der Waals surface area contributed by atoms with E-state index in [0.717, 1.165) is 10.8 Å². The summed E-state index contributed by atoms with van der Waals surface area (Å²) < 4.78 is 4.86. The lowest BCUT2D eigenvalue weighted by Gasteiger charge is -2.04. The van der Waals surface area contributed by atoms with Gasteiger partial charge in [0.1, 0.15) is 5.69 Å². The number of nitrogens with one attached hydrogen (secondary N) is 1. The molecule has 0 aliphatic carbocycles. The molecule has 1 aromatic heterocycles. The number of aromatic nitrogens is 1. The van der Waals surface area contributed by atoms with Crippen molar-refractivity contribution in [3.63, 3.8) is 0 Å². The monoisotopic (exact) mass is 230 g/mol. The highest BCUT2D eigenvalue weighted by Gasteiger charge is 2.06. The van der Waals surface area contributed by atoms with Crippen LogP contribution in [0.2, 0.25) is 0 Å². The fraction of sp³-hybridized carbons (Fsp3) is 0.231. The third-order valence-corrected chi connectivity index (χ3v) is 2.46. The van der Waals surface area contributed by atoms with Gasteiger partial charge in [-0.3, -0.25) is 9.78 Å². The van der Waals surface area contributed by atoms with E-state index in [0.29, 0.717) is 18.8 Å². The highest BCUT2D eigenvalue weighted by molar-refractivity contribution is 5.96. The summed E-state index contributed by atoms with van der Waals surface area (Å²) in [6, 6.07) is 9.60. The minimum atomic E-state index is -0.173. The van der Waals surface area contributed by atoms with Crippen molar-refractivity contribution in [2.45, 2.75) is 0 Å². The summed E-state index contributed by atoms with van der Waals surface area (Å²) in [5.41, 5.74) is 0.430. The van der Waals surface area contributed by atoms with Crippen LogP contribution in [0.1, 0.15) is 10.5 Å². The first-order valence-corrected chi connectivity index (χ1v) is 5.43. The van der Waals surface area contributed by atoms with Crippen molar-refractivity contribution in [1.82, 2.24) is 10.3 Å². The standard InChI is InChI=1S/C13H14N2O2/c1-17-7-6-14-13(16)12-8-10-4-2-3-5-11(10)9-15-12/h2-5,8-9H,6-7H2,1H3,(H,14,16). The highest BCUT2D eigenvalue weighted by Crippen LogP contribution is 2.13. The molecule has 0 unspecified atom stereocenters. The van der Waals surface area contributed by atoms with Crippen molar-refractivity contribution >= 4 is 16.7 Å². The van der Waals surface area contributed by atoms with Crippen molar-refractivity contribution in [1.29, 1.82) is 0 Å². The van der Waals surface area contributed by atoms with E-state index in [-0.39, 0.29) is 5.91 Å². The Morgan fingerprint density at radius 3 is 2.88 bits per heavy atom. The lowest BCUT2D eigenvalue weighted by molar-refractivity contribution is 0.0932. The SMILES string of the molecule is COCCNC(=O)c1cc2ccccc2cn1. The van der Waals surface area contributed by atoms with Crippen LogP contribution in [0.3, 0.4) is 0 Å². The molecule has 1 amide bonds. The van der Waals surface area contributed by atoms with Gasteiger partial charge in [0, 0.05) is 25.2 Å². The van der Waals surface area contributed by atoms with Crippen LogP contribution in [0, 0.1) is 0 Å². The molecule has 4 nitrogen and oxygen atoms in total. The van der Waals surface area contributed by atoms with E-state index >= 15 is 0 Å². The number of amides is 1. The summed E-state index contributed by atoms with van der Waals surface area (Å²) in [6.45, 7) is 0.989. The van der Waals surface area contributed by atoms with Gasteiger partial charge in [0.15, 0.2) is 0 Å². The molecule has 17 heavy (non-hydrogen) atoms. The molecule has 0 saturated heterocycles. The van der Waals surface area contributed by atoms with E-state index in [9.17, 15) is 4.79 Å². The first kappa shape index (κ1) is 11.5. The van der Waals surface area contributed by atoms with E-state index in [4.69, 9.17) is 4.74 Å². The zero-order valence-corrected chi connectivity index (χ0v) is 9.64. The average molecular weight is 230 g/mol. The molecular formula is C13H14N2O2. The van der Waals surface area contributed by atoms with Crippen molar-refractivity contribution in [2.75, 3.05) is 20.3 Å². The number of fused-ring (bicyclic) bond motifs is 1. The van der Waals surface area contributed by atoms with Crippen LogP contribution in [0.5, 0.6) is 0 Å². The molecule has 0 aliphatic rings. The molecule has 1 heterocycles. The van der Waals surface area contributed by atoms with Gasteiger partial charge in [-0.2, -0.15) is 0 Å². The zero-order chi connectivity index (χ0) is 12.1. The van der Waals surface area contributed by atoms with Gasteiger partial charge in [-0.1, -0.05) is 24.3 Å². The van der Waals surface area contributed by atoms with Gasteiger partial charge in [0.25, 0.3) is 5.91 Å². The second-order valence-electron chi connectivity index (χ2n) is 3.67. The molecule has 0 saturated carbocycles. The fourth-order valence-corrected chi connectivity index (χ4v) is 1.56. The second kappa shape index (κ2) is 5.41. The molecule has 0 bridgehead atoms. The number of methoxy groups -OCH3 is 1. The number of hydrogen-bond acceptors (Lipinski definition) is 3. The van der Waals surface area contributed by atoms with Gasteiger partial charge in [-0.05, 0) is 11.5 Å². The van der Waals surface area contributed by atoms with Gasteiger partial charge in [0.2, 0.25) is 0 Å². The maximum Gasteiger partial charge on any atom is 0.269 e. The molecule has 88 valence electrons. The third-order valence-electron chi connectivity index (χ3n) is 2.46. The molecule has 2 rings (SSSR count). The Morgan fingerprint density at radius 1 is 1.35 bits per heavy atom. The Balaban J connectivity index is 2.15. The van der Waals surface area contributed by atoms with E-state index in [1.54, 1.807) is 19.4 Å². The Hall–Kier alpha value is -1.94. The molecular weight excluding hydrogens is 216 g/mol. The number of carbonyl (C=O) groups is 1. The van der Waals surface area contributed by atoms with Crippen molar-refractivity contribution in [3.05, 3.63) is 42.2 Å². The predicted octanol–water partition coefficient (Wildman–Crippen LogP) is 1.61. The summed E-state index contributed by atoms with van der Waals surface area (Å²) >= 11 is 0. The van der Waals surface area contributed by atoms with Gasteiger partial charge in [-0.25, -0.2) is 0 Å². The number of ether oxygens (including phenoxy) is 1. The molecule has 1 aromatic carbocycles. The van der Waals surface area contributed by atoms with E-state index in [1.165, 1.54) is 0 Å². The van der Waals surface area contributed by atoms with Gasteiger partial charge in [0.05, 0.1) is 6.61 Å². The van der Waals surface area contributed by atoms with Crippen LogP contribution in [0.15, 0.2) is 36.5 Å². The van der Waals surface area contributed by atoms with Gasteiger partial charge in [-0.15, -0.1) is 0 Å². The van der Waals surface area contributed by atoms with Crippen LogP contribution in [0.4, 0.5) is 0 Å². The number of pyridine rings is 1. The predicted molar refractivity (Wildman–Crippen MR) is 66.0 cm³/mol. The van der Waals surface area contributed by atoms with Gasteiger partial charge < -0.3 is 10.1 Å². The summed E-state index contributed by atoms with van der Waals surface area (Å²) in [5.74, 6) is -0.173. The van der Waals surface area contributed by atoms with Crippen molar-refractivity contribution < 1.29 is 9.53 Å². The van der Waals surface area contributed by atoms with E-state index in [1.807, 2.05) is 24.3 Å². The van der Waals surface area contributed by atoms with E-state index < -0.39 is 0 Å². The fourth-order valence-electron chi connectivity index (χ4n) is 1.56. The summed E-state index contributed by atoms with van der Waals surface area (Å²) in [5, 5.41) is 4.78. The minimum Gasteiger partial charge on any atom is -0.383 e. The summed E-state index contributed by atoms with van der Waals surface area (Å²) in [7, 11) is 1.60. The molecule has 4 heteroatoms. The first-order chi connectivity index (χ1) is 8.31. The largest absolute Gasteiger partial charge is 0.383 e. The average Bonchev–Trinajstić information content (AvgIpc) is 2.38. The quantitative estimate of drug-likeness (QED) is 0.812. The molecule has 0 aliphatic heterocycles. The smallest absolute Gasteiger partial charge is 0.269 e. The van der Waals surface area contributed by atoms with E-state index in [2.05, 4.69) is 10.3 Å².